The SMILES string of the molecule is CCCNC1CCC(C)(c2cc3cccc(C)c3o2)C1. The van der Waals surface area contributed by atoms with Gasteiger partial charge in [0.25, 0.3) is 0 Å². The molecule has 2 heteroatoms. The Morgan fingerprint density at radius 2 is 2.25 bits per heavy atom. The first-order valence-electron chi connectivity index (χ1n) is 7.85. The van der Waals surface area contributed by atoms with Crippen molar-refractivity contribution in [3.05, 3.63) is 35.6 Å². The van der Waals surface area contributed by atoms with Crippen LogP contribution in [0.1, 0.15) is 50.9 Å². The molecule has 1 aromatic heterocycles. The summed E-state index contributed by atoms with van der Waals surface area (Å²) in [7, 11) is 0. The Balaban J connectivity index is 1.85. The fraction of sp³-hybridized carbons (Fsp3) is 0.556. The largest absolute Gasteiger partial charge is 0.460 e. The average Bonchev–Trinajstić information content (AvgIpc) is 3.02. The van der Waals surface area contributed by atoms with Crippen molar-refractivity contribution < 1.29 is 4.42 Å². The summed E-state index contributed by atoms with van der Waals surface area (Å²) < 4.78 is 6.21. The number of hydrogen-bond acceptors (Lipinski definition) is 2. The monoisotopic (exact) mass is 271 g/mol. The second kappa shape index (κ2) is 5.25. The van der Waals surface area contributed by atoms with E-state index in [0.717, 1.165) is 12.1 Å². The van der Waals surface area contributed by atoms with E-state index in [1.807, 2.05) is 0 Å². The van der Waals surface area contributed by atoms with E-state index in [1.165, 1.54) is 42.4 Å². The summed E-state index contributed by atoms with van der Waals surface area (Å²) in [5.74, 6) is 1.17. The van der Waals surface area contributed by atoms with Crippen LogP contribution in [0, 0.1) is 6.92 Å². The molecular weight excluding hydrogens is 246 g/mol. The standard InChI is InChI=1S/C18H25NO/c1-4-10-19-15-8-9-18(3,12-15)16-11-14-7-5-6-13(2)17(14)20-16/h5-7,11,15,19H,4,8-10,12H2,1-3H3. The molecule has 2 nitrogen and oxygen atoms in total. The summed E-state index contributed by atoms with van der Waals surface area (Å²) in [5, 5.41) is 4.90. The van der Waals surface area contributed by atoms with E-state index in [4.69, 9.17) is 4.42 Å². The van der Waals surface area contributed by atoms with Gasteiger partial charge in [0.1, 0.15) is 11.3 Å². The van der Waals surface area contributed by atoms with Crippen LogP contribution in [0.4, 0.5) is 0 Å². The Bertz CT molecular complexity index is 600. The van der Waals surface area contributed by atoms with Crippen molar-refractivity contribution >= 4 is 11.0 Å². The number of para-hydroxylation sites is 1. The molecule has 2 atom stereocenters. The van der Waals surface area contributed by atoms with Crippen molar-refractivity contribution in [2.24, 2.45) is 0 Å². The lowest BCUT2D eigenvalue weighted by atomic mass is 9.85. The molecular formula is C18H25NO. The normalized spacial score (nSPS) is 26.4. The van der Waals surface area contributed by atoms with Gasteiger partial charge in [-0.25, -0.2) is 0 Å². The highest BCUT2D eigenvalue weighted by atomic mass is 16.3. The van der Waals surface area contributed by atoms with Crippen LogP contribution in [-0.2, 0) is 5.41 Å². The third-order valence-corrected chi connectivity index (χ3v) is 4.76. The van der Waals surface area contributed by atoms with E-state index < -0.39 is 0 Å². The molecule has 3 rings (SSSR count). The maximum atomic E-state index is 6.21. The fourth-order valence-corrected chi connectivity index (χ4v) is 3.49. The molecule has 0 amide bonds. The summed E-state index contributed by atoms with van der Waals surface area (Å²) in [6, 6.07) is 9.29. The molecule has 0 spiro atoms. The van der Waals surface area contributed by atoms with E-state index in [0.29, 0.717) is 6.04 Å². The first-order chi connectivity index (χ1) is 9.62. The molecule has 1 aromatic carbocycles. The minimum atomic E-state index is 0.191. The van der Waals surface area contributed by atoms with Crippen LogP contribution in [0.5, 0.6) is 0 Å². The van der Waals surface area contributed by atoms with Crippen LogP contribution in [-0.4, -0.2) is 12.6 Å². The van der Waals surface area contributed by atoms with E-state index in [-0.39, 0.29) is 5.41 Å². The second-order valence-electron chi connectivity index (χ2n) is 6.56. The minimum absolute atomic E-state index is 0.191. The highest BCUT2D eigenvalue weighted by molar-refractivity contribution is 5.81. The van der Waals surface area contributed by atoms with Gasteiger partial charge < -0.3 is 9.73 Å². The predicted octanol–water partition coefficient (Wildman–Crippen LogP) is 4.55. The molecule has 1 N–H and O–H groups in total. The molecule has 1 saturated carbocycles. The smallest absolute Gasteiger partial charge is 0.137 e. The molecule has 1 heterocycles. The molecule has 0 bridgehead atoms. The van der Waals surface area contributed by atoms with Gasteiger partial charge in [-0.1, -0.05) is 32.0 Å². The van der Waals surface area contributed by atoms with Crippen molar-refractivity contribution in [1.29, 1.82) is 0 Å². The van der Waals surface area contributed by atoms with Gasteiger partial charge in [-0.15, -0.1) is 0 Å². The Morgan fingerprint density at radius 3 is 3.00 bits per heavy atom. The Morgan fingerprint density at radius 1 is 1.40 bits per heavy atom. The highest BCUT2D eigenvalue weighted by Crippen LogP contribution is 2.43. The molecule has 2 aromatic rings. The van der Waals surface area contributed by atoms with E-state index >= 15 is 0 Å². The van der Waals surface area contributed by atoms with Crippen LogP contribution < -0.4 is 5.32 Å². The third kappa shape index (κ3) is 2.37. The molecule has 1 fully saturated rings. The van der Waals surface area contributed by atoms with Crippen molar-refractivity contribution in [1.82, 2.24) is 5.32 Å². The van der Waals surface area contributed by atoms with E-state index in [1.54, 1.807) is 0 Å². The van der Waals surface area contributed by atoms with Crippen molar-refractivity contribution in [3.63, 3.8) is 0 Å². The first-order valence-corrected chi connectivity index (χ1v) is 7.85. The van der Waals surface area contributed by atoms with Gasteiger partial charge in [0.05, 0.1) is 0 Å². The quantitative estimate of drug-likeness (QED) is 0.882. The van der Waals surface area contributed by atoms with E-state index in [9.17, 15) is 0 Å². The molecule has 0 radical (unpaired) electrons. The lowest BCUT2D eigenvalue weighted by molar-refractivity contribution is 0.369. The predicted molar refractivity (Wildman–Crippen MR) is 84.2 cm³/mol. The van der Waals surface area contributed by atoms with Gasteiger partial charge in [-0.2, -0.15) is 0 Å². The molecule has 0 aliphatic heterocycles. The van der Waals surface area contributed by atoms with E-state index in [2.05, 4.69) is 50.4 Å². The Hall–Kier alpha value is -1.28. The lowest BCUT2D eigenvalue weighted by Crippen LogP contribution is -2.29. The van der Waals surface area contributed by atoms with Crippen molar-refractivity contribution in [2.45, 2.75) is 57.9 Å². The number of benzene rings is 1. The van der Waals surface area contributed by atoms with Crippen LogP contribution in [0.2, 0.25) is 0 Å². The Kier molecular flexibility index (Phi) is 3.59. The molecule has 1 aliphatic rings. The third-order valence-electron chi connectivity index (χ3n) is 4.76. The summed E-state index contributed by atoms with van der Waals surface area (Å²) in [6.45, 7) is 7.83. The summed E-state index contributed by atoms with van der Waals surface area (Å²) in [4.78, 5) is 0. The number of fused-ring (bicyclic) bond motifs is 1. The van der Waals surface area contributed by atoms with Crippen LogP contribution in [0.3, 0.4) is 0 Å². The average molecular weight is 271 g/mol. The maximum absolute atomic E-state index is 6.21. The summed E-state index contributed by atoms with van der Waals surface area (Å²) in [5.41, 5.74) is 2.49. The van der Waals surface area contributed by atoms with Gasteiger partial charge in [0.2, 0.25) is 0 Å². The lowest BCUT2D eigenvalue weighted by Gasteiger charge is -2.21. The minimum Gasteiger partial charge on any atom is -0.460 e. The van der Waals surface area contributed by atoms with Gasteiger partial charge in [-0.3, -0.25) is 0 Å². The number of rotatable bonds is 4. The Labute approximate surface area is 121 Å². The molecule has 0 saturated heterocycles. The highest BCUT2D eigenvalue weighted by Gasteiger charge is 2.38. The number of furan rings is 1. The zero-order chi connectivity index (χ0) is 14.2. The van der Waals surface area contributed by atoms with Crippen molar-refractivity contribution in [3.8, 4) is 0 Å². The first kappa shape index (κ1) is 13.7. The zero-order valence-corrected chi connectivity index (χ0v) is 12.8. The number of aryl methyl sites for hydroxylation is 1. The summed E-state index contributed by atoms with van der Waals surface area (Å²) >= 11 is 0. The second-order valence-corrected chi connectivity index (χ2v) is 6.56. The van der Waals surface area contributed by atoms with Crippen LogP contribution in [0.25, 0.3) is 11.0 Å². The van der Waals surface area contributed by atoms with Crippen LogP contribution in [0.15, 0.2) is 28.7 Å². The van der Waals surface area contributed by atoms with Crippen molar-refractivity contribution in [2.75, 3.05) is 6.54 Å². The fourth-order valence-electron chi connectivity index (χ4n) is 3.49. The molecule has 2 unspecified atom stereocenters. The molecule has 20 heavy (non-hydrogen) atoms. The van der Waals surface area contributed by atoms with Gasteiger partial charge in [0.15, 0.2) is 0 Å². The number of nitrogens with one attached hydrogen (secondary N) is 1. The summed E-state index contributed by atoms with van der Waals surface area (Å²) in [6.07, 6.45) is 4.86. The molecule has 108 valence electrons. The van der Waals surface area contributed by atoms with Gasteiger partial charge in [-0.05, 0) is 50.8 Å². The topological polar surface area (TPSA) is 25.2 Å². The van der Waals surface area contributed by atoms with Gasteiger partial charge >= 0.3 is 0 Å². The van der Waals surface area contributed by atoms with Crippen LogP contribution >= 0.6 is 0 Å². The van der Waals surface area contributed by atoms with Gasteiger partial charge in [0, 0.05) is 16.8 Å². The molecule has 1 aliphatic carbocycles. The zero-order valence-electron chi connectivity index (χ0n) is 12.8. The maximum Gasteiger partial charge on any atom is 0.137 e. The number of hydrogen-bond donors (Lipinski definition) is 1.